The van der Waals surface area contributed by atoms with Crippen LogP contribution in [0.5, 0.6) is 0 Å². The number of rotatable bonds is 4. The van der Waals surface area contributed by atoms with Crippen molar-refractivity contribution in [3.05, 3.63) is 32.8 Å². The number of hydrogen-bond donors (Lipinski definition) is 3. The third kappa shape index (κ3) is 3.02. The fourth-order valence-electron chi connectivity index (χ4n) is 2.05. The SMILES string of the molecule is CC1(C(=O)O)COCC1NC(=O)Cn1[nH]c(=O)ccc1=O. The van der Waals surface area contributed by atoms with Crippen LogP contribution in [0.3, 0.4) is 0 Å². The summed E-state index contributed by atoms with van der Waals surface area (Å²) in [4.78, 5) is 45.7. The van der Waals surface area contributed by atoms with E-state index in [0.29, 0.717) is 0 Å². The normalized spacial score (nSPS) is 24.7. The molecule has 21 heavy (non-hydrogen) atoms. The van der Waals surface area contributed by atoms with Crippen LogP contribution in [0.1, 0.15) is 6.92 Å². The Hall–Kier alpha value is -2.42. The van der Waals surface area contributed by atoms with E-state index in [0.717, 1.165) is 16.8 Å². The first-order chi connectivity index (χ1) is 9.83. The Kier molecular flexibility index (Phi) is 3.94. The second-order valence-corrected chi connectivity index (χ2v) is 5.09. The summed E-state index contributed by atoms with van der Waals surface area (Å²) in [5, 5.41) is 13.9. The van der Waals surface area contributed by atoms with E-state index in [1.54, 1.807) is 0 Å². The summed E-state index contributed by atoms with van der Waals surface area (Å²) in [5.41, 5.74) is -2.26. The van der Waals surface area contributed by atoms with E-state index in [-0.39, 0.29) is 13.2 Å². The maximum atomic E-state index is 11.9. The van der Waals surface area contributed by atoms with Gasteiger partial charge in [-0.1, -0.05) is 0 Å². The molecule has 0 bridgehead atoms. The lowest BCUT2D eigenvalue weighted by molar-refractivity contribution is -0.149. The Morgan fingerprint density at radius 2 is 2.24 bits per heavy atom. The Balaban J connectivity index is 2.08. The van der Waals surface area contributed by atoms with Crippen LogP contribution in [0.4, 0.5) is 0 Å². The average Bonchev–Trinajstić information content (AvgIpc) is 2.77. The molecule has 0 spiro atoms. The number of carboxylic acids is 1. The molecule has 0 radical (unpaired) electrons. The second-order valence-electron chi connectivity index (χ2n) is 5.09. The molecule has 3 N–H and O–H groups in total. The Morgan fingerprint density at radius 3 is 2.90 bits per heavy atom. The number of aromatic nitrogens is 2. The Labute approximate surface area is 118 Å². The summed E-state index contributed by atoms with van der Waals surface area (Å²) >= 11 is 0. The van der Waals surface area contributed by atoms with Gasteiger partial charge in [-0.15, -0.1) is 0 Å². The van der Waals surface area contributed by atoms with Gasteiger partial charge in [0, 0.05) is 12.1 Å². The molecular weight excluding hydrogens is 282 g/mol. The molecule has 0 aromatic carbocycles. The van der Waals surface area contributed by atoms with E-state index in [4.69, 9.17) is 4.74 Å². The molecule has 2 rings (SSSR count). The lowest BCUT2D eigenvalue weighted by Gasteiger charge is -2.25. The lowest BCUT2D eigenvalue weighted by atomic mass is 9.85. The highest BCUT2D eigenvalue weighted by molar-refractivity contribution is 5.80. The second kappa shape index (κ2) is 5.52. The van der Waals surface area contributed by atoms with Gasteiger partial charge in [0.15, 0.2) is 0 Å². The van der Waals surface area contributed by atoms with Crippen molar-refractivity contribution in [2.45, 2.75) is 19.5 Å². The number of nitrogens with zero attached hydrogens (tertiary/aromatic N) is 1. The summed E-state index contributed by atoms with van der Waals surface area (Å²) in [6.07, 6.45) is 0. The molecule has 1 saturated heterocycles. The first-order valence-corrected chi connectivity index (χ1v) is 6.23. The molecule has 2 heterocycles. The smallest absolute Gasteiger partial charge is 0.313 e. The lowest BCUT2D eigenvalue weighted by Crippen LogP contribution is -2.51. The van der Waals surface area contributed by atoms with Crippen molar-refractivity contribution in [2.75, 3.05) is 13.2 Å². The highest BCUT2D eigenvalue weighted by Crippen LogP contribution is 2.28. The number of amides is 1. The summed E-state index contributed by atoms with van der Waals surface area (Å²) in [6, 6.07) is 1.41. The molecule has 1 aromatic rings. The molecule has 1 amide bonds. The molecule has 114 valence electrons. The van der Waals surface area contributed by atoms with Gasteiger partial charge in [0.25, 0.3) is 11.1 Å². The van der Waals surface area contributed by atoms with Crippen LogP contribution in [0.25, 0.3) is 0 Å². The minimum atomic E-state index is -1.22. The molecule has 9 heteroatoms. The van der Waals surface area contributed by atoms with Crippen molar-refractivity contribution in [3.8, 4) is 0 Å². The van der Waals surface area contributed by atoms with Crippen LogP contribution in [-0.2, 0) is 20.9 Å². The highest BCUT2D eigenvalue weighted by atomic mass is 16.5. The number of ether oxygens (including phenoxy) is 1. The third-order valence-corrected chi connectivity index (χ3v) is 3.47. The first kappa shape index (κ1) is 15.0. The van der Waals surface area contributed by atoms with Crippen molar-refractivity contribution in [3.63, 3.8) is 0 Å². The molecule has 0 aliphatic carbocycles. The maximum Gasteiger partial charge on any atom is 0.313 e. The summed E-state index contributed by atoms with van der Waals surface area (Å²) in [7, 11) is 0. The molecule has 0 saturated carbocycles. The predicted molar refractivity (Wildman–Crippen MR) is 69.8 cm³/mol. The number of carboxylic acid groups (broad SMARTS) is 1. The predicted octanol–water partition coefficient (Wildman–Crippen LogP) is -1.86. The molecule has 1 fully saturated rings. The fourth-order valence-corrected chi connectivity index (χ4v) is 2.05. The van der Waals surface area contributed by atoms with Crippen molar-refractivity contribution in [1.29, 1.82) is 0 Å². The van der Waals surface area contributed by atoms with Gasteiger partial charge in [0.1, 0.15) is 12.0 Å². The van der Waals surface area contributed by atoms with E-state index in [2.05, 4.69) is 10.4 Å². The van der Waals surface area contributed by atoms with E-state index in [9.17, 15) is 24.3 Å². The summed E-state index contributed by atoms with van der Waals surface area (Å²) in [6.45, 7) is 1.15. The van der Waals surface area contributed by atoms with E-state index < -0.39 is 41.0 Å². The molecule has 1 aliphatic heterocycles. The number of H-pyrrole nitrogens is 1. The van der Waals surface area contributed by atoms with Gasteiger partial charge in [-0.3, -0.25) is 24.3 Å². The van der Waals surface area contributed by atoms with Crippen molar-refractivity contribution >= 4 is 11.9 Å². The minimum Gasteiger partial charge on any atom is -0.481 e. The van der Waals surface area contributed by atoms with Gasteiger partial charge in [-0.25, -0.2) is 4.68 Å². The molecule has 2 atom stereocenters. The van der Waals surface area contributed by atoms with Crippen molar-refractivity contribution in [2.24, 2.45) is 5.41 Å². The van der Waals surface area contributed by atoms with E-state index in [1.807, 2.05) is 0 Å². The van der Waals surface area contributed by atoms with Gasteiger partial charge in [-0.05, 0) is 6.92 Å². The van der Waals surface area contributed by atoms with Crippen LogP contribution < -0.4 is 16.4 Å². The number of carbonyl (C=O) groups is 2. The van der Waals surface area contributed by atoms with Crippen LogP contribution in [-0.4, -0.2) is 46.0 Å². The van der Waals surface area contributed by atoms with E-state index >= 15 is 0 Å². The van der Waals surface area contributed by atoms with Crippen LogP contribution >= 0.6 is 0 Å². The zero-order valence-electron chi connectivity index (χ0n) is 11.3. The Morgan fingerprint density at radius 1 is 1.52 bits per heavy atom. The third-order valence-electron chi connectivity index (χ3n) is 3.47. The number of hydrogen-bond acceptors (Lipinski definition) is 5. The highest BCUT2D eigenvalue weighted by Gasteiger charge is 2.47. The number of aliphatic carboxylic acids is 1. The number of carbonyl (C=O) groups excluding carboxylic acids is 1. The zero-order chi connectivity index (χ0) is 15.6. The monoisotopic (exact) mass is 297 g/mol. The molecule has 1 aliphatic rings. The minimum absolute atomic E-state index is 0.00456. The van der Waals surface area contributed by atoms with Gasteiger partial charge >= 0.3 is 5.97 Å². The van der Waals surface area contributed by atoms with Gasteiger partial charge in [0.05, 0.1) is 19.3 Å². The van der Waals surface area contributed by atoms with Crippen LogP contribution in [0.15, 0.2) is 21.7 Å². The number of aromatic amines is 1. The molecular formula is C12H15N3O6. The maximum absolute atomic E-state index is 11.9. The topological polar surface area (TPSA) is 130 Å². The number of nitrogens with one attached hydrogen (secondary N) is 2. The van der Waals surface area contributed by atoms with Crippen LogP contribution in [0.2, 0.25) is 0 Å². The fraction of sp³-hybridized carbons (Fsp3) is 0.500. The van der Waals surface area contributed by atoms with Crippen molar-refractivity contribution in [1.82, 2.24) is 15.1 Å². The van der Waals surface area contributed by atoms with Gasteiger partial charge in [-0.2, -0.15) is 0 Å². The first-order valence-electron chi connectivity index (χ1n) is 6.23. The molecule has 9 nitrogen and oxygen atoms in total. The van der Waals surface area contributed by atoms with E-state index in [1.165, 1.54) is 6.92 Å². The Bertz CT molecular complexity index is 678. The average molecular weight is 297 g/mol. The molecule has 1 aromatic heterocycles. The standard InChI is InChI=1S/C12H15N3O6/c1-12(11(19)20)6-21-5-7(12)13-9(17)4-15-10(18)3-2-8(16)14-15/h2-3,7H,4-6H2,1H3,(H,13,17)(H,14,16)(H,19,20). The zero-order valence-corrected chi connectivity index (χ0v) is 11.3. The van der Waals surface area contributed by atoms with Crippen LogP contribution in [0, 0.1) is 5.41 Å². The van der Waals surface area contributed by atoms with Gasteiger partial charge < -0.3 is 15.2 Å². The van der Waals surface area contributed by atoms with Crippen molar-refractivity contribution < 1.29 is 19.4 Å². The summed E-state index contributed by atoms with van der Waals surface area (Å²) < 4.78 is 5.96. The van der Waals surface area contributed by atoms with Gasteiger partial charge in [0.2, 0.25) is 5.91 Å². The largest absolute Gasteiger partial charge is 0.481 e. The summed E-state index contributed by atoms with van der Waals surface area (Å²) in [5.74, 6) is -1.66. The quantitative estimate of drug-likeness (QED) is 0.597. The molecule has 2 unspecified atom stereocenters.